The molecule has 4 nitrogen and oxygen atoms in total. The number of carbonyl (C=O) groups excluding carboxylic acids is 1. The van der Waals surface area contributed by atoms with Gasteiger partial charge in [-0.1, -0.05) is 11.5 Å². The SMILES string of the molecule is Bc1cc(F)ccc1/C(C(=O)OC)=C(\C)N[C@H](C)C1CCC(O)CC1. The van der Waals surface area contributed by atoms with Gasteiger partial charge in [-0.25, -0.2) is 9.18 Å². The lowest BCUT2D eigenvalue weighted by Crippen LogP contribution is -2.36. The Labute approximate surface area is 149 Å². The van der Waals surface area contributed by atoms with Crippen molar-refractivity contribution in [1.29, 1.82) is 0 Å². The van der Waals surface area contributed by atoms with Crippen molar-refractivity contribution in [1.82, 2.24) is 5.32 Å². The Morgan fingerprint density at radius 3 is 2.56 bits per heavy atom. The second-order valence-corrected chi connectivity index (χ2v) is 6.95. The van der Waals surface area contributed by atoms with Crippen LogP contribution in [0.4, 0.5) is 4.39 Å². The predicted octanol–water partition coefficient (Wildman–Crippen LogP) is 1.52. The van der Waals surface area contributed by atoms with Gasteiger partial charge in [0.25, 0.3) is 0 Å². The molecule has 1 aromatic rings. The molecule has 0 aromatic heterocycles. The minimum absolute atomic E-state index is 0.174. The van der Waals surface area contributed by atoms with Crippen LogP contribution in [0.5, 0.6) is 0 Å². The normalized spacial score (nSPS) is 22.8. The van der Waals surface area contributed by atoms with Crippen LogP contribution in [0.1, 0.15) is 45.1 Å². The van der Waals surface area contributed by atoms with Crippen LogP contribution in [0.3, 0.4) is 0 Å². The molecule has 0 heterocycles. The molecule has 0 aliphatic heterocycles. The van der Waals surface area contributed by atoms with Crippen LogP contribution in [-0.4, -0.2) is 38.2 Å². The summed E-state index contributed by atoms with van der Waals surface area (Å²) in [5.74, 6) is -0.317. The van der Waals surface area contributed by atoms with Crippen LogP contribution in [0.25, 0.3) is 5.57 Å². The van der Waals surface area contributed by atoms with Crippen LogP contribution in [0.2, 0.25) is 0 Å². The number of rotatable bonds is 5. The van der Waals surface area contributed by atoms with Crippen molar-refractivity contribution in [3.05, 3.63) is 35.3 Å². The van der Waals surface area contributed by atoms with Gasteiger partial charge in [-0.3, -0.25) is 0 Å². The van der Waals surface area contributed by atoms with Crippen LogP contribution >= 0.6 is 0 Å². The first-order chi connectivity index (χ1) is 11.8. The molecule has 1 aliphatic rings. The van der Waals surface area contributed by atoms with Crippen LogP contribution in [0.15, 0.2) is 23.9 Å². The molecule has 1 fully saturated rings. The van der Waals surface area contributed by atoms with E-state index in [1.807, 2.05) is 6.92 Å². The van der Waals surface area contributed by atoms with Gasteiger partial charge in [0.05, 0.1) is 18.8 Å². The molecular formula is C19H27BFNO3. The predicted molar refractivity (Wildman–Crippen MR) is 99.8 cm³/mol. The fourth-order valence-electron chi connectivity index (χ4n) is 3.61. The molecule has 2 N–H and O–H groups in total. The zero-order valence-electron chi connectivity index (χ0n) is 15.4. The van der Waals surface area contributed by atoms with Crippen molar-refractivity contribution in [2.45, 2.75) is 51.7 Å². The lowest BCUT2D eigenvalue weighted by Gasteiger charge is -2.31. The molecule has 0 amide bonds. The number of benzene rings is 1. The Kier molecular flexibility index (Phi) is 6.65. The molecule has 0 unspecified atom stereocenters. The van der Waals surface area contributed by atoms with Gasteiger partial charge in [0.1, 0.15) is 13.7 Å². The summed E-state index contributed by atoms with van der Waals surface area (Å²) in [5.41, 5.74) is 2.52. The number of halogens is 1. The van der Waals surface area contributed by atoms with Crippen LogP contribution in [0, 0.1) is 11.7 Å². The molecule has 0 saturated heterocycles. The Balaban J connectivity index is 2.26. The molecule has 136 valence electrons. The summed E-state index contributed by atoms with van der Waals surface area (Å²) in [6.07, 6.45) is 3.38. The second-order valence-electron chi connectivity index (χ2n) is 6.95. The summed E-state index contributed by atoms with van der Waals surface area (Å²) in [6.45, 7) is 3.95. The van der Waals surface area contributed by atoms with E-state index in [0.717, 1.165) is 31.4 Å². The molecule has 0 spiro atoms. The van der Waals surface area contributed by atoms with Crippen molar-refractivity contribution in [2.75, 3.05) is 7.11 Å². The second kappa shape index (κ2) is 8.52. The minimum Gasteiger partial charge on any atom is -0.465 e. The molecule has 2 rings (SSSR count). The largest absolute Gasteiger partial charge is 0.465 e. The zero-order valence-corrected chi connectivity index (χ0v) is 15.4. The maximum atomic E-state index is 13.4. The van der Waals surface area contributed by atoms with Gasteiger partial charge in [-0.05, 0) is 63.1 Å². The van der Waals surface area contributed by atoms with Crippen LogP contribution in [-0.2, 0) is 9.53 Å². The number of nitrogens with one attached hydrogen (secondary N) is 1. The number of aliphatic hydroxyl groups excluding tert-OH is 1. The third kappa shape index (κ3) is 4.85. The van der Waals surface area contributed by atoms with Crippen molar-refractivity contribution in [3.8, 4) is 0 Å². The van der Waals surface area contributed by atoms with Gasteiger partial charge in [0.15, 0.2) is 0 Å². The smallest absolute Gasteiger partial charge is 0.340 e. The highest BCUT2D eigenvalue weighted by Gasteiger charge is 2.25. The highest BCUT2D eigenvalue weighted by atomic mass is 19.1. The third-order valence-corrected chi connectivity index (χ3v) is 5.11. The van der Waals surface area contributed by atoms with E-state index < -0.39 is 5.97 Å². The molecule has 0 bridgehead atoms. The highest BCUT2D eigenvalue weighted by Crippen LogP contribution is 2.28. The first kappa shape index (κ1) is 19.5. The van der Waals surface area contributed by atoms with E-state index in [9.17, 15) is 14.3 Å². The Morgan fingerprint density at radius 1 is 1.36 bits per heavy atom. The first-order valence-corrected chi connectivity index (χ1v) is 8.83. The number of allylic oxidation sites excluding steroid dienone is 1. The Bertz CT molecular complexity index is 654. The van der Waals surface area contributed by atoms with E-state index in [1.54, 1.807) is 13.9 Å². The topological polar surface area (TPSA) is 58.6 Å². The van der Waals surface area contributed by atoms with E-state index >= 15 is 0 Å². The van der Waals surface area contributed by atoms with Crippen molar-refractivity contribution < 1.29 is 19.0 Å². The van der Waals surface area contributed by atoms with Gasteiger partial charge in [-0.15, -0.1) is 0 Å². The quantitative estimate of drug-likeness (QED) is 0.482. The van der Waals surface area contributed by atoms with Crippen molar-refractivity contribution in [3.63, 3.8) is 0 Å². The maximum absolute atomic E-state index is 13.4. The Hall–Kier alpha value is -1.82. The number of aliphatic hydroxyl groups is 1. The molecular weight excluding hydrogens is 320 g/mol. The van der Waals surface area contributed by atoms with E-state index in [1.165, 1.54) is 19.2 Å². The van der Waals surface area contributed by atoms with Gasteiger partial charge in [0, 0.05) is 11.7 Å². The summed E-state index contributed by atoms with van der Waals surface area (Å²) in [4.78, 5) is 12.3. The summed E-state index contributed by atoms with van der Waals surface area (Å²) < 4.78 is 18.4. The number of ether oxygens (including phenoxy) is 1. The molecule has 1 aromatic carbocycles. The fraction of sp³-hybridized carbons (Fsp3) is 0.526. The molecule has 0 radical (unpaired) electrons. The molecule has 1 saturated carbocycles. The number of hydrogen-bond acceptors (Lipinski definition) is 4. The zero-order chi connectivity index (χ0) is 18.6. The minimum atomic E-state index is -0.439. The number of methoxy groups -OCH3 is 1. The lowest BCUT2D eigenvalue weighted by atomic mass is 9.82. The molecule has 25 heavy (non-hydrogen) atoms. The van der Waals surface area contributed by atoms with E-state index in [0.29, 0.717) is 22.5 Å². The maximum Gasteiger partial charge on any atom is 0.340 e. The third-order valence-electron chi connectivity index (χ3n) is 5.11. The van der Waals surface area contributed by atoms with Gasteiger partial charge in [-0.2, -0.15) is 0 Å². The summed E-state index contributed by atoms with van der Waals surface area (Å²) >= 11 is 0. The molecule has 6 heteroatoms. The number of esters is 1. The van der Waals surface area contributed by atoms with Crippen molar-refractivity contribution in [2.24, 2.45) is 5.92 Å². The average molecular weight is 347 g/mol. The highest BCUT2D eigenvalue weighted by molar-refractivity contribution is 6.37. The fourth-order valence-corrected chi connectivity index (χ4v) is 3.61. The summed E-state index contributed by atoms with van der Waals surface area (Å²) in [7, 11) is 3.13. The van der Waals surface area contributed by atoms with Gasteiger partial charge >= 0.3 is 5.97 Å². The Morgan fingerprint density at radius 2 is 2.00 bits per heavy atom. The first-order valence-electron chi connectivity index (χ1n) is 8.83. The van der Waals surface area contributed by atoms with E-state index in [2.05, 4.69) is 12.2 Å². The average Bonchev–Trinajstić information content (AvgIpc) is 2.57. The monoisotopic (exact) mass is 347 g/mol. The summed E-state index contributed by atoms with van der Waals surface area (Å²) in [5, 5.41) is 13.1. The van der Waals surface area contributed by atoms with E-state index in [-0.39, 0.29) is 18.0 Å². The van der Waals surface area contributed by atoms with Crippen LogP contribution < -0.4 is 10.8 Å². The van der Waals surface area contributed by atoms with Crippen molar-refractivity contribution >= 4 is 24.9 Å². The lowest BCUT2D eigenvalue weighted by molar-refractivity contribution is -0.133. The molecule has 1 atom stereocenters. The standard InChI is InChI=1S/C19H27BFNO3/c1-11(13-4-7-15(23)8-5-13)22-12(2)18(19(24)25-3)16-9-6-14(21)10-17(16)20/h6,9-11,13,15,22-23H,4-5,7-8,20H2,1-3H3/b18-12-/t11-,13?,15?/m1/s1. The molecule has 1 aliphatic carbocycles. The van der Waals surface area contributed by atoms with Gasteiger partial charge < -0.3 is 15.2 Å². The van der Waals surface area contributed by atoms with E-state index in [4.69, 9.17) is 4.74 Å². The summed E-state index contributed by atoms with van der Waals surface area (Å²) in [6, 6.07) is 4.55. The number of carbonyl (C=O) groups is 1. The van der Waals surface area contributed by atoms with Gasteiger partial charge in [0.2, 0.25) is 0 Å². The number of hydrogen-bond donors (Lipinski definition) is 2.